The molecule has 0 saturated heterocycles. The van der Waals surface area contributed by atoms with Crippen LogP contribution < -0.4 is 14.8 Å². The van der Waals surface area contributed by atoms with Crippen LogP contribution in [0.3, 0.4) is 0 Å². The maximum Gasteiger partial charge on any atom is 0.272 e. The number of methoxy groups -OCH3 is 1. The number of hydrogen-bond donors (Lipinski definition) is 1. The number of halogens is 1. The lowest BCUT2D eigenvalue weighted by Gasteiger charge is -2.07. The van der Waals surface area contributed by atoms with Crippen LogP contribution in [0.5, 0.6) is 17.4 Å². The number of rotatable bonds is 7. The van der Waals surface area contributed by atoms with Gasteiger partial charge in [0.1, 0.15) is 17.3 Å². The smallest absolute Gasteiger partial charge is 0.272 e. The topological polar surface area (TPSA) is 78.3 Å². The zero-order chi connectivity index (χ0) is 21.6. The zero-order valence-electron chi connectivity index (χ0n) is 16.7. The molecule has 0 bridgehead atoms. The Morgan fingerprint density at radius 1 is 1.00 bits per heavy atom. The summed E-state index contributed by atoms with van der Waals surface area (Å²) in [5.41, 5.74) is 1.93. The van der Waals surface area contributed by atoms with Gasteiger partial charge in [0.25, 0.3) is 5.91 Å². The molecule has 0 spiro atoms. The van der Waals surface area contributed by atoms with E-state index >= 15 is 0 Å². The van der Waals surface area contributed by atoms with Crippen LogP contribution in [-0.4, -0.2) is 27.8 Å². The first-order chi connectivity index (χ1) is 15.1. The van der Waals surface area contributed by atoms with E-state index in [-0.39, 0.29) is 18.3 Å². The molecule has 0 aliphatic rings. The van der Waals surface area contributed by atoms with Gasteiger partial charge in [-0.1, -0.05) is 6.07 Å². The molecule has 0 radical (unpaired) electrons. The molecule has 0 unspecified atom stereocenters. The minimum atomic E-state index is -0.333. The largest absolute Gasteiger partial charge is 0.497 e. The van der Waals surface area contributed by atoms with Gasteiger partial charge < -0.3 is 14.8 Å². The Morgan fingerprint density at radius 3 is 2.42 bits per heavy atom. The third kappa shape index (κ3) is 5.05. The van der Waals surface area contributed by atoms with Gasteiger partial charge in [-0.15, -0.1) is 0 Å². The second-order valence-corrected chi connectivity index (χ2v) is 6.59. The number of aromatic nitrogens is 3. The van der Waals surface area contributed by atoms with Crippen molar-refractivity contribution >= 4 is 5.91 Å². The molecule has 1 N–H and O–H groups in total. The Hall–Kier alpha value is -4.20. The van der Waals surface area contributed by atoms with Crippen LogP contribution in [0.25, 0.3) is 5.69 Å². The van der Waals surface area contributed by atoms with Crippen molar-refractivity contribution in [3.05, 3.63) is 96.2 Å². The van der Waals surface area contributed by atoms with Crippen molar-refractivity contribution < 1.29 is 18.7 Å². The number of nitrogens with one attached hydrogen (secondary N) is 1. The van der Waals surface area contributed by atoms with Gasteiger partial charge in [-0.2, -0.15) is 5.10 Å². The van der Waals surface area contributed by atoms with E-state index in [1.807, 2.05) is 24.3 Å². The summed E-state index contributed by atoms with van der Waals surface area (Å²) in [7, 11) is 1.60. The number of benzene rings is 2. The van der Waals surface area contributed by atoms with E-state index in [9.17, 15) is 9.18 Å². The normalized spacial score (nSPS) is 10.5. The third-order valence-electron chi connectivity index (χ3n) is 4.45. The van der Waals surface area contributed by atoms with Crippen molar-refractivity contribution in [2.75, 3.05) is 7.11 Å². The summed E-state index contributed by atoms with van der Waals surface area (Å²) in [5, 5.41) is 7.13. The van der Waals surface area contributed by atoms with Gasteiger partial charge in [0, 0.05) is 25.0 Å². The second-order valence-electron chi connectivity index (χ2n) is 6.59. The minimum absolute atomic E-state index is 0.290. The second kappa shape index (κ2) is 9.08. The Labute approximate surface area is 178 Å². The van der Waals surface area contributed by atoms with E-state index in [1.165, 1.54) is 24.3 Å². The average molecular weight is 418 g/mol. The number of nitrogens with zero attached hydrogens (tertiary/aromatic N) is 3. The zero-order valence-corrected chi connectivity index (χ0v) is 16.7. The van der Waals surface area contributed by atoms with Crippen molar-refractivity contribution in [2.24, 2.45) is 0 Å². The van der Waals surface area contributed by atoms with Crippen molar-refractivity contribution in [1.82, 2.24) is 20.1 Å². The first kappa shape index (κ1) is 20.1. The Kier molecular flexibility index (Phi) is 5.89. The molecule has 0 fully saturated rings. The Balaban J connectivity index is 1.33. The highest BCUT2D eigenvalue weighted by Gasteiger charge is 2.10. The predicted molar refractivity (Wildman–Crippen MR) is 112 cm³/mol. The molecule has 2 aromatic heterocycles. The van der Waals surface area contributed by atoms with Crippen LogP contribution in [0.4, 0.5) is 4.39 Å². The lowest BCUT2D eigenvalue weighted by atomic mass is 10.3. The molecule has 2 aromatic carbocycles. The van der Waals surface area contributed by atoms with E-state index < -0.39 is 0 Å². The van der Waals surface area contributed by atoms with Gasteiger partial charge in [-0.25, -0.2) is 14.1 Å². The van der Waals surface area contributed by atoms with Gasteiger partial charge in [0.15, 0.2) is 5.69 Å². The summed E-state index contributed by atoms with van der Waals surface area (Å²) < 4.78 is 25.3. The molecule has 0 saturated carbocycles. The molecule has 1 amide bonds. The van der Waals surface area contributed by atoms with Gasteiger partial charge >= 0.3 is 0 Å². The molecule has 2 heterocycles. The van der Waals surface area contributed by atoms with Crippen molar-refractivity contribution in [3.8, 4) is 23.1 Å². The summed E-state index contributed by atoms with van der Waals surface area (Å²) in [6.07, 6.45) is 3.33. The number of carbonyl (C=O) groups excluding carboxylic acids is 1. The van der Waals surface area contributed by atoms with E-state index in [4.69, 9.17) is 9.47 Å². The van der Waals surface area contributed by atoms with Crippen molar-refractivity contribution in [1.29, 1.82) is 0 Å². The van der Waals surface area contributed by atoms with Crippen LogP contribution in [0, 0.1) is 5.82 Å². The van der Waals surface area contributed by atoms with E-state index in [0.717, 1.165) is 17.0 Å². The number of amides is 1. The third-order valence-corrected chi connectivity index (χ3v) is 4.45. The first-order valence-corrected chi connectivity index (χ1v) is 9.47. The van der Waals surface area contributed by atoms with Crippen LogP contribution in [-0.2, 0) is 6.54 Å². The Morgan fingerprint density at radius 2 is 1.74 bits per heavy atom. The van der Waals surface area contributed by atoms with E-state index in [2.05, 4.69) is 15.4 Å². The van der Waals surface area contributed by atoms with Gasteiger partial charge in [-0.3, -0.25) is 4.79 Å². The maximum atomic E-state index is 13.0. The summed E-state index contributed by atoms with van der Waals surface area (Å²) in [4.78, 5) is 16.6. The summed E-state index contributed by atoms with van der Waals surface area (Å²) in [5.74, 6) is 0.984. The SMILES string of the molecule is COc1ccc(-n2ccc(C(=O)NCc3ccc(Oc4ccc(F)cc4)nc3)n2)cc1. The molecule has 4 aromatic rings. The molecular formula is C23H19FN4O3. The van der Waals surface area contributed by atoms with Crippen LogP contribution in [0.15, 0.2) is 79.1 Å². The first-order valence-electron chi connectivity index (χ1n) is 9.47. The van der Waals surface area contributed by atoms with Crippen LogP contribution in [0.1, 0.15) is 16.1 Å². The quantitative estimate of drug-likeness (QED) is 0.488. The average Bonchev–Trinajstić information content (AvgIpc) is 3.30. The van der Waals surface area contributed by atoms with Crippen LogP contribution in [0.2, 0.25) is 0 Å². The van der Waals surface area contributed by atoms with E-state index in [0.29, 0.717) is 17.3 Å². The van der Waals surface area contributed by atoms with Gasteiger partial charge in [0.05, 0.1) is 12.8 Å². The van der Waals surface area contributed by atoms with Gasteiger partial charge in [-0.05, 0) is 60.2 Å². The number of pyridine rings is 1. The minimum Gasteiger partial charge on any atom is -0.497 e. The van der Waals surface area contributed by atoms with Crippen molar-refractivity contribution in [2.45, 2.75) is 6.54 Å². The highest BCUT2D eigenvalue weighted by atomic mass is 19.1. The summed E-state index contributed by atoms with van der Waals surface area (Å²) >= 11 is 0. The number of carbonyl (C=O) groups is 1. The molecule has 7 nitrogen and oxygen atoms in total. The number of ether oxygens (including phenoxy) is 2. The molecule has 0 atom stereocenters. The van der Waals surface area contributed by atoms with Crippen molar-refractivity contribution in [3.63, 3.8) is 0 Å². The molecule has 0 aliphatic heterocycles. The highest BCUT2D eigenvalue weighted by Crippen LogP contribution is 2.19. The lowest BCUT2D eigenvalue weighted by Crippen LogP contribution is -2.23. The number of hydrogen-bond acceptors (Lipinski definition) is 5. The maximum absolute atomic E-state index is 13.0. The standard InChI is InChI=1S/C23H19FN4O3/c1-30-19-9-5-18(6-10-19)28-13-12-21(27-28)23(29)26-15-16-2-11-22(25-14-16)31-20-7-3-17(24)4-8-20/h2-14H,15H2,1H3,(H,26,29). The highest BCUT2D eigenvalue weighted by molar-refractivity contribution is 5.92. The van der Waals surface area contributed by atoms with Gasteiger partial charge in [0.2, 0.25) is 5.88 Å². The Bertz CT molecular complexity index is 1160. The fourth-order valence-electron chi connectivity index (χ4n) is 2.80. The molecule has 31 heavy (non-hydrogen) atoms. The van der Waals surface area contributed by atoms with Crippen LogP contribution >= 0.6 is 0 Å². The fourth-order valence-corrected chi connectivity index (χ4v) is 2.80. The summed E-state index contributed by atoms with van der Waals surface area (Å²) in [6, 6.07) is 18.2. The fraction of sp³-hybridized carbons (Fsp3) is 0.0870. The molecule has 0 aliphatic carbocycles. The molecule has 4 rings (SSSR count). The van der Waals surface area contributed by atoms with E-state index in [1.54, 1.807) is 42.4 Å². The molecular weight excluding hydrogens is 399 g/mol. The summed E-state index contributed by atoms with van der Waals surface area (Å²) in [6.45, 7) is 0.290. The molecule has 156 valence electrons. The monoisotopic (exact) mass is 418 g/mol. The lowest BCUT2D eigenvalue weighted by molar-refractivity contribution is 0.0945. The molecule has 8 heteroatoms. The predicted octanol–water partition coefficient (Wildman–Crippen LogP) is 4.14.